The van der Waals surface area contributed by atoms with Gasteiger partial charge < -0.3 is 21.3 Å². The molecule has 2 N–H and O–H groups in total. The van der Waals surface area contributed by atoms with Crippen molar-refractivity contribution in [1.29, 1.82) is 0 Å². The minimum atomic E-state index is -1.12. The number of benzene rings is 2. The van der Waals surface area contributed by atoms with Crippen molar-refractivity contribution in [1.82, 2.24) is 15.1 Å². The molecule has 2 heterocycles. The third-order valence-electron chi connectivity index (χ3n) is 5.73. The molecular weight excluding hydrogens is 455 g/mol. The van der Waals surface area contributed by atoms with Crippen LogP contribution < -0.4 is 39.6 Å². The average molecular weight is 487 g/mol. The van der Waals surface area contributed by atoms with Gasteiger partial charge in [-0.25, -0.2) is 4.79 Å². The molecule has 4 rings (SSSR count). The van der Waals surface area contributed by atoms with Gasteiger partial charge >= 0.3 is 35.5 Å². The first kappa shape index (κ1) is 27.1. The van der Waals surface area contributed by atoms with Crippen LogP contribution in [0.5, 0.6) is 5.75 Å². The first-order chi connectivity index (χ1) is 16.7. The largest absolute Gasteiger partial charge is 1.00 e. The molecule has 1 saturated heterocycles. The summed E-state index contributed by atoms with van der Waals surface area (Å²) in [5.74, 6) is -0.220. The van der Waals surface area contributed by atoms with Gasteiger partial charge in [-0.1, -0.05) is 24.3 Å². The first-order valence-electron chi connectivity index (χ1n) is 11.6. The molecule has 0 bridgehead atoms. The molecule has 0 aliphatic carbocycles. The van der Waals surface area contributed by atoms with E-state index in [0.29, 0.717) is 5.69 Å². The summed E-state index contributed by atoms with van der Waals surface area (Å²) in [7, 11) is 0. The van der Waals surface area contributed by atoms with Crippen LogP contribution in [-0.2, 0) is 11.2 Å². The standard InChI is InChI=1S/C26H30N4O4.Na.H/c31-26(32)25-24(11-12-27-29-25)28-22-7-3-20(4-8-22)19-21-5-9-23(10-6-21)34-16-2-1-13-30-14-17-33-18-15-30;;/h3-12H,1-2,13-19H2,(H,27,28)(H,31,32);;/q;+1;-1. The van der Waals surface area contributed by atoms with Crippen molar-refractivity contribution in [2.75, 3.05) is 44.8 Å². The molecule has 1 aliphatic rings. The zero-order valence-corrected chi connectivity index (χ0v) is 22.2. The number of aromatic carboxylic acids is 1. The molecule has 0 unspecified atom stereocenters. The third-order valence-corrected chi connectivity index (χ3v) is 5.73. The van der Waals surface area contributed by atoms with Gasteiger partial charge in [-0.15, -0.1) is 5.10 Å². The van der Waals surface area contributed by atoms with Crippen molar-refractivity contribution in [2.45, 2.75) is 19.3 Å². The topological polar surface area (TPSA) is 96.8 Å². The molecule has 0 spiro atoms. The predicted octanol–water partition coefficient (Wildman–Crippen LogP) is 1.12. The van der Waals surface area contributed by atoms with Crippen LogP contribution in [0.2, 0.25) is 0 Å². The van der Waals surface area contributed by atoms with E-state index in [9.17, 15) is 9.90 Å². The number of morpholine rings is 1. The second-order valence-corrected chi connectivity index (χ2v) is 8.25. The van der Waals surface area contributed by atoms with E-state index in [-0.39, 0.29) is 36.7 Å². The SMILES string of the molecule is O=C(O)c1nnccc1Nc1ccc(Cc2ccc(OCCCCN3CCOCC3)cc2)cc1.[H-].[Na+]. The number of carbonyl (C=O) groups is 1. The Balaban J connectivity index is 0.00000228. The number of unbranched alkanes of at least 4 members (excludes halogenated alkanes) is 1. The van der Waals surface area contributed by atoms with E-state index in [4.69, 9.17) is 9.47 Å². The van der Waals surface area contributed by atoms with E-state index < -0.39 is 5.97 Å². The van der Waals surface area contributed by atoms with Crippen molar-refractivity contribution >= 4 is 17.3 Å². The number of nitrogens with zero attached hydrogens (tertiary/aromatic N) is 3. The number of hydrogen-bond donors (Lipinski definition) is 2. The van der Waals surface area contributed by atoms with Crippen molar-refractivity contribution in [2.24, 2.45) is 0 Å². The van der Waals surface area contributed by atoms with E-state index in [2.05, 4.69) is 32.5 Å². The second-order valence-electron chi connectivity index (χ2n) is 8.25. The number of ether oxygens (including phenoxy) is 2. The average Bonchev–Trinajstić information content (AvgIpc) is 2.87. The molecule has 2 aromatic carbocycles. The van der Waals surface area contributed by atoms with E-state index in [1.54, 1.807) is 6.07 Å². The molecule has 9 heteroatoms. The Morgan fingerprint density at radius 2 is 1.71 bits per heavy atom. The van der Waals surface area contributed by atoms with Gasteiger partial charge in [-0.2, -0.15) is 5.10 Å². The molecule has 0 radical (unpaired) electrons. The summed E-state index contributed by atoms with van der Waals surface area (Å²) in [4.78, 5) is 13.7. The van der Waals surface area contributed by atoms with Crippen LogP contribution in [0, 0.1) is 0 Å². The molecule has 3 aromatic rings. The minimum absolute atomic E-state index is 0. The maximum absolute atomic E-state index is 11.3. The van der Waals surface area contributed by atoms with E-state index in [0.717, 1.165) is 75.7 Å². The van der Waals surface area contributed by atoms with E-state index >= 15 is 0 Å². The first-order valence-corrected chi connectivity index (χ1v) is 11.6. The number of rotatable bonds is 11. The predicted molar refractivity (Wildman–Crippen MR) is 131 cm³/mol. The van der Waals surface area contributed by atoms with Crippen LogP contribution in [0.1, 0.15) is 35.9 Å². The fourth-order valence-corrected chi connectivity index (χ4v) is 3.84. The quantitative estimate of drug-likeness (QED) is 0.308. The second kappa shape index (κ2) is 14.2. The Bertz CT molecular complexity index is 1060. The zero-order chi connectivity index (χ0) is 23.6. The van der Waals surface area contributed by atoms with Crippen LogP contribution in [0.4, 0.5) is 11.4 Å². The van der Waals surface area contributed by atoms with Gasteiger partial charge in [0.25, 0.3) is 0 Å². The van der Waals surface area contributed by atoms with Gasteiger partial charge in [-0.05, 0) is 67.3 Å². The Hall–Kier alpha value is -2.49. The van der Waals surface area contributed by atoms with E-state index in [1.165, 1.54) is 11.8 Å². The Kier molecular flexibility index (Phi) is 11.0. The number of carboxylic acid groups (broad SMARTS) is 1. The Labute approximate surface area is 229 Å². The smallest absolute Gasteiger partial charge is 1.00 e. The van der Waals surface area contributed by atoms with Gasteiger partial charge in [0.1, 0.15) is 5.75 Å². The van der Waals surface area contributed by atoms with Crippen LogP contribution >= 0.6 is 0 Å². The van der Waals surface area contributed by atoms with Crippen LogP contribution in [0.3, 0.4) is 0 Å². The summed E-state index contributed by atoms with van der Waals surface area (Å²) >= 11 is 0. The summed E-state index contributed by atoms with van der Waals surface area (Å²) in [5.41, 5.74) is 3.45. The van der Waals surface area contributed by atoms with Crippen LogP contribution in [-0.4, -0.2) is 65.6 Å². The monoisotopic (exact) mass is 486 g/mol. The molecule has 0 atom stereocenters. The number of aromatic nitrogens is 2. The van der Waals surface area contributed by atoms with Crippen molar-refractivity contribution in [3.05, 3.63) is 77.6 Å². The summed E-state index contributed by atoms with van der Waals surface area (Å²) in [6, 6.07) is 17.7. The Morgan fingerprint density at radius 1 is 1.03 bits per heavy atom. The minimum Gasteiger partial charge on any atom is -1.00 e. The summed E-state index contributed by atoms with van der Waals surface area (Å²) < 4.78 is 11.3. The normalized spacial score (nSPS) is 13.6. The maximum atomic E-state index is 11.3. The summed E-state index contributed by atoms with van der Waals surface area (Å²) in [6.45, 7) is 5.61. The Morgan fingerprint density at radius 3 is 2.40 bits per heavy atom. The van der Waals surface area contributed by atoms with Crippen molar-refractivity contribution < 1.29 is 50.4 Å². The molecule has 0 amide bonds. The third kappa shape index (κ3) is 8.59. The maximum Gasteiger partial charge on any atom is 1.00 e. The van der Waals surface area contributed by atoms with Crippen LogP contribution in [0.15, 0.2) is 60.8 Å². The van der Waals surface area contributed by atoms with Crippen LogP contribution in [0.25, 0.3) is 0 Å². The summed E-state index contributed by atoms with van der Waals surface area (Å²) in [6.07, 6.45) is 4.44. The van der Waals surface area contributed by atoms with Gasteiger partial charge in [0.15, 0.2) is 5.69 Å². The molecule has 8 nitrogen and oxygen atoms in total. The molecule has 1 fully saturated rings. The molecular formula is C26H31N4NaO4. The van der Waals surface area contributed by atoms with Gasteiger partial charge in [0.05, 0.1) is 31.7 Å². The number of hydrogen-bond acceptors (Lipinski definition) is 7. The molecule has 0 saturated carbocycles. The zero-order valence-electron chi connectivity index (χ0n) is 21.2. The number of nitrogens with one attached hydrogen (secondary N) is 1. The van der Waals surface area contributed by atoms with Gasteiger partial charge in [0.2, 0.25) is 0 Å². The van der Waals surface area contributed by atoms with Crippen molar-refractivity contribution in [3.8, 4) is 5.75 Å². The van der Waals surface area contributed by atoms with E-state index in [1.807, 2.05) is 36.4 Å². The fourth-order valence-electron chi connectivity index (χ4n) is 3.84. The fraction of sp³-hybridized carbons (Fsp3) is 0.346. The summed E-state index contributed by atoms with van der Waals surface area (Å²) in [5, 5.41) is 19.6. The number of carboxylic acids is 1. The van der Waals surface area contributed by atoms with Crippen molar-refractivity contribution in [3.63, 3.8) is 0 Å². The van der Waals surface area contributed by atoms with Gasteiger partial charge in [0, 0.05) is 18.8 Å². The molecule has 1 aromatic heterocycles. The number of anilines is 2. The molecule has 1 aliphatic heterocycles. The molecule has 35 heavy (non-hydrogen) atoms. The van der Waals surface area contributed by atoms with Gasteiger partial charge in [-0.3, -0.25) is 4.90 Å². The molecule has 180 valence electrons.